The molecule has 1 aliphatic rings. The third kappa shape index (κ3) is 4.11. The number of nitro benzene ring substituents is 1. The molecule has 9 heteroatoms. The van der Waals surface area contributed by atoms with Gasteiger partial charge in [-0.25, -0.2) is 4.68 Å². The van der Waals surface area contributed by atoms with Gasteiger partial charge in [-0.3, -0.25) is 14.9 Å². The molecule has 2 aromatic carbocycles. The summed E-state index contributed by atoms with van der Waals surface area (Å²) in [7, 11) is 1.74. The minimum absolute atomic E-state index is 0.0454. The molecule has 1 saturated heterocycles. The molecular formula is C22H24N6O3. The summed E-state index contributed by atoms with van der Waals surface area (Å²) in [5.41, 5.74) is 3.45. The van der Waals surface area contributed by atoms with Gasteiger partial charge in [-0.05, 0) is 37.5 Å². The predicted molar refractivity (Wildman–Crippen MR) is 116 cm³/mol. The highest BCUT2D eigenvalue weighted by molar-refractivity contribution is 5.93. The van der Waals surface area contributed by atoms with Crippen molar-refractivity contribution in [2.45, 2.75) is 26.3 Å². The normalized spacial score (nSPS) is 13.4. The summed E-state index contributed by atoms with van der Waals surface area (Å²) < 4.78 is 1.45. The van der Waals surface area contributed by atoms with Gasteiger partial charge in [-0.1, -0.05) is 29.5 Å². The Morgan fingerprint density at radius 3 is 2.65 bits per heavy atom. The second-order valence-corrected chi connectivity index (χ2v) is 7.70. The van der Waals surface area contributed by atoms with Gasteiger partial charge in [0.05, 0.1) is 16.3 Å². The Morgan fingerprint density at radius 2 is 1.90 bits per heavy atom. The molecule has 9 nitrogen and oxygen atoms in total. The van der Waals surface area contributed by atoms with Gasteiger partial charge < -0.3 is 9.80 Å². The lowest BCUT2D eigenvalue weighted by molar-refractivity contribution is -0.384. The molecule has 0 radical (unpaired) electrons. The van der Waals surface area contributed by atoms with Crippen LogP contribution < -0.4 is 4.90 Å². The lowest BCUT2D eigenvalue weighted by atomic mass is 10.1. The van der Waals surface area contributed by atoms with Crippen molar-refractivity contribution in [1.82, 2.24) is 19.9 Å². The van der Waals surface area contributed by atoms with E-state index in [4.69, 9.17) is 0 Å². The molecule has 0 aliphatic carbocycles. The van der Waals surface area contributed by atoms with E-state index in [0.29, 0.717) is 17.9 Å². The van der Waals surface area contributed by atoms with Gasteiger partial charge in [0.25, 0.3) is 11.6 Å². The van der Waals surface area contributed by atoms with E-state index >= 15 is 0 Å². The van der Waals surface area contributed by atoms with Crippen LogP contribution in [0.3, 0.4) is 0 Å². The lowest BCUT2D eigenvalue weighted by Crippen LogP contribution is -2.28. The van der Waals surface area contributed by atoms with Gasteiger partial charge in [0.2, 0.25) is 0 Å². The molecule has 1 aliphatic heterocycles. The number of hydrogen-bond acceptors (Lipinski definition) is 6. The quantitative estimate of drug-likeness (QED) is 0.448. The number of nitro groups is 1. The maximum absolute atomic E-state index is 13.1. The highest BCUT2D eigenvalue weighted by atomic mass is 16.6. The third-order valence-corrected chi connectivity index (χ3v) is 5.57. The smallest absolute Gasteiger partial charge is 0.276 e. The summed E-state index contributed by atoms with van der Waals surface area (Å²) in [5, 5.41) is 19.2. The average molecular weight is 420 g/mol. The first-order valence-electron chi connectivity index (χ1n) is 10.2. The Labute approximate surface area is 180 Å². The molecule has 0 bridgehead atoms. The molecule has 0 unspecified atom stereocenters. The number of aromatic nitrogens is 3. The summed E-state index contributed by atoms with van der Waals surface area (Å²) in [4.78, 5) is 27.7. The Kier molecular flexibility index (Phi) is 5.66. The van der Waals surface area contributed by atoms with E-state index in [1.165, 1.54) is 29.7 Å². The van der Waals surface area contributed by atoms with Crippen molar-refractivity contribution in [3.05, 3.63) is 75.6 Å². The van der Waals surface area contributed by atoms with Crippen LogP contribution in [0.15, 0.2) is 48.5 Å². The van der Waals surface area contributed by atoms with Crippen LogP contribution in [-0.4, -0.2) is 50.9 Å². The molecule has 0 saturated carbocycles. The van der Waals surface area contributed by atoms with E-state index in [9.17, 15) is 14.9 Å². The molecule has 0 spiro atoms. The SMILES string of the molecule is Cc1c(C(=O)N(C)Cc2ccccc2N2CCCC2)nnn1-c1cccc([N+](=O)[O-])c1. The van der Waals surface area contributed by atoms with E-state index in [-0.39, 0.29) is 17.3 Å². The number of anilines is 1. The van der Waals surface area contributed by atoms with Crippen molar-refractivity contribution in [3.8, 4) is 5.69 Å². The van der Waals surface area contributed by atoms with Crippen molar-refractivity contribution in [1.29, 1.82) is 0 Å². The second kappa shape index (κ2) is 8.55. The van der Waals surface area contributed by atoms with Crippen molar-refractivity contribution < 1.29 is 9.72 Å². The van der Waals surface area contributed by atoms with Crippen LogP contribution in [0, 0.1) is 17.0 Å². The Bertz CT molecular complexity index is 1120. The van der Waals surface area contributed by atoms with Crippen LogP contribution in [0.4, 0.5) is 11.4 Å². The average Bonchev–Trinajstić information content (AvgIpc) is 3.44. The number of non-ortho nitro benzene ring substituents is 1. The topological polar surface area (TPSA) is 97.4 Å². The number of para-hydroxylation sites is 1. The van der Waals surface area contributed by atoms with Crippen molar-refractivity contribution in [2.24, 2.45) is 0 Å². The number of amides is 1. The number of carbonyl (C=O) groups excluding carboxylic acids is 1. The van der Waals surface area contributed by atoms with Crippen LogP contribution >= 0.6 is 0 Å². The van der Waals surface area contributed by atoms with E-state index < -0.39 is 4.92 Å². The van der Waals surface area contributed by atoms with Crippen molar-refractivity contribution in [3.63, 3.8) is 0 Å². The molecule has 3 aromatic rings. The maximum Gasteiger partial charge on any atom is 0.276 e. The molecule has 0 atom stereocenters. The lowest BCUT2D eigenvalue weighted by Gasteiger charge is -2.24. The highest BCUT2D eigenvalue weighted by Crippen LogP contribution is 2.26. The first kappa shape index (κ1) is 20.5. The zero-order chi connectivity index (χ0) is 22.0. The van der Waals surface area contributed by atoms with Gasteiger partial charge in [0.15, 0.2) is 5.69 Å². The minimum Gasteiger partial charge on any atom is -0.371 e. The first-order valence-corrected chi connectivity index (χ1v) is 10.2. The zero-order valence-electron chi connectivity index (χ0n) is 17.6. The summed E-state index contributed by atoms with van der Waals surface area (Å²) in [6.07, 6.45) is 2.37. The van der Waals surface area contributed by atoms with Crippen LogP contribution in [0.5, 0.6) is 0 Å². The number of carbonyl (C=O) groups is 1. The fraction of sp³-hybridized carbons (Fsp3) is 0.318. The second-order valence-electron chi connectivity index (χ2n) is 7.70. The molecule has 0 N–H and O–H groups in total. The number of nitrogens with zero attached hydrogens (tertiary/aromatic N) is 6. The molecule has 1 aromatic heterocycles. The summed E-state index contributed by atoms with van der Waals surface area (Å²) in [6.45, 7) is 4.25. The zero-order valence-corrected chi connectivity index (χ0v) is 17.6. The van der Waals surface area contributed by atoms with Crippen LogP contribution in [0.2, 0.25) is 0 Å². The summed E-state index contributed by atoms with van der Waals surface area (Å²) in [5.74, 6) is -0.245. The van der Waals surface area contributed by atoms with E-state index in [2.05, 4.69) is 21.3 Å². The molecule has 1 amide bonds. The van der Waals surface area contributed by atoms with Gasteiger partial charge >= 0.3 is 0 Å². The Hall–Kier alpha value is -3.75. The van der Waals surface area contributed by atoms with Crippen LogP contribution in [0.1, 0.15) is 34.6 Å². The first-order chi connectivity index (χ1) is 15.0. The standard InChI is InChI=1S/C22H24N6O3/c1-16-21(23-24-27(16)18-9-7-10-19(14-18)28(30)31)22(29)25(2)15-17-8-3-4-11-20(17)26-12-5-6-13-26/h3-4,7-11,14H,5-6,12-13,15H2,1-2H3. The Morgan fingerprint density at radius 1 is 1.16 bits per heavy atom. The molecule has 160 valence electrons. The number of benzene rings is 2. The molecule has 4 rings (SSSR count). The van der Waals surface area contributed by atoms with Gasteiger partial charge in [0, 0.05) is 44.5 Å². The number of hydrogen-bond donors (Lipinski definition) is 0. The maximum atomic E-state index is 13.1. The summed E-state index contributed by atoms with van der Waals surface area (Å²) in [6, 6.07) is 14.2. The predicted octanol–water partition coefficient (Wildman–Crippen LogP) is 3.36. The summed E-state index contributed by atoms with van der Waals surface area (Å²) >= 11 is 0. The van der Waals surface area contributed by atoms with E-state index in [1.807, 2.05) is 18.2 Å². The van der Waals surface area contributed by atoms with Gasteiger partial charge in [0.1, 0.15) is 0 Å². The van der Waals surface area contributed by atoms with Crippen molar-refractivity contribution in [2.75, 3.05) is 25.0 Å². The molecular weight excluding hydrogens is 396 g/mol. The minimum atomic E-state index is -0.465. The van der Waals surface area contributed by atoms with Gasteiger partial charge in [-0.15, -0.1) is 5.10 Å². The fourth-order valence-corrected chi connectivity index (χ4v) is 3.93. The van der Waals surface area contributed by atoms with Crippen LogP contribution in [-0.2, 0) is 6.54 Å². The van der Waals surface area contributed by atoms with Gasteiger partial charge in [-0.2, -0.15) is 0 Å². The molecule has 31 heavy (non-hydrogen) atoms. The van der Waals surface area contributed by atoms with E-state index in [0.717, 1.165) is 24.3 Å². The van der Waals surface area contributed by atoms with Crippen molar-refractivity contribution >= 4 is 17.3 Å². The number of rotatable bonds is 6. The highest BCUT2D eigenvalue weighted by Gasteiger charge is 2.23. The monoisotopic (exact) mass is 420 g/mol. The largest absolute Gasteiger partial charge is 0.371 e. The third-order valence-electron chi connectivity index (χ3n) is 5.57. The van der Waals surface area contributed by atoms with Crippen LogP contribution in [0.25, 0.3) is 5.69 Å². The molecule has 1 fully saturated rings. The van der Waals surface area contributed by atoms with E-state index in [1.54, 1.807) is 31.0 Å². The fourth-order valence-electron chi connectivity index (χ4n) is 3.93. The Balaban J connectivity index is 1.56. The molecule has 2 heterocycles.